The van der Waals surface area contributed by atoms with Crippen LogP contribution in [0.3, 0.4) is 0 Å². The number of benzene rings is 2. The molecule has 0 saturated heterocycles. The van der Waals surface area contributed by atoms with E-state index in [9.17, 15) is 10.1 Å². The Morgan fingerprint density at radius 2 is 2.00 bits per heavy atom. The molecule has 0 aliphatic heterocycles. The highest BCUT2D eigenvalue weighted by Crippen LogP contribution is 2.34. The van der Waals surface area contributed by atoms with Crippen molar-refractivity contribution in [1.82, 2.24) is 0 Å². The minimum Gasteiger partial charge on any atom is -0.454 e. The number of nitrogens with zero attached hydrogens (tertiary/aromatic N) is 2. The van der Waals surface area contributed by atoms with Gasteiger partial charge in [-0.05, 0) is 30.7 Å². The topological polar surface area (TPSA) is 76.2 Å². The fourth-order valence-corrected chi connectivity index (χ4v) is 1.78. The minimum atomic E-state index is -0.538. The third kappa shape index (κ3) is 2.87. The van der Waals surface area contributed by atoms with Gasteiger partial charge in [-0.3, -0.25) is 10.1 Å². The van der Waals surface area contributed by atoms with Crippen molar-refractivity contribution in [2.45, 2.75) is 6.92 Å². The molecule has 6 heteroatoms. The second-order valence-corrected chi connectivity index (χ2v) is 4.49. The van der Waals surface area contributed by atoms with E-state index in [0.29, 0.717) is 11.3 Å². The zero-order valence-electron chi connectivity index (χ0n) is 10.5. The highest BCUT2D eigenvalue weighted by atomic mass is 35.5. The van der Waals surface area contributed by atoms with Gasteiger partial charge in [-0.15, -0.1) is 0 Å². The molecule has 0 amide bonds. The van der Waals surface area contributed by atoms with Gasteiger partial charge in [0, 0.05) is 6.07 Å². The lowest BCUT2D eigenvalue weighted by atomic mass is 10.1. The SMILES string of the molecule is Cc1ccc(Oc2cc([N+](=O)[O-])ccc2Cl)c(C#N)c1. The Balaban J connectivity index is 2.42. The van der Waals surface area contributed by atoms with E-state index in [0.717, 1.165) is 5.56 Å². The highest BCUT2D eigenvalue weighted by molar-refractivity contribution is 6.32. The van der Waals surface area contributed by atoms with Crippen LogP contribution < -0.4 is 4.74 Å². The maximum absolute atomic E-state index is 10.7. The molecule has 0 bridgehead atoms. The molecule has 0 aliphatic rings. The van der Waals surface area contributed by atoms with Crippen molar-refractivity contribution in [1.29, 1.82) is 5.26 Å². The van der Waals surface area contributed by atoms with E-state index in [4.69, 9.17) is 21.6 Å². The molecule has 2 rings (SSSR count). The number of aryl methyl sites for hydroxylation is 1. The summed E-state index contributed by atoms with van der Waals surface area (Å²) in [7, 11) is 0. The van der Waals surface area contributed by atoms with E-state index < -0.39 is 4.92 Å². The summed E-state index contributed by atoms with van der Waals surface area (Å²) in [4.78, 5) is 10.2. The van der Waals surface area contributed by atoms with E-state index in [1.165, 1.54) is 18.2 Å². The molecule has 5 nitrogen and oxygen atoms in total. The van der Waals surface area contributed by atoms with E-state index in [1.54, 1.807) is 18.2 Å². The molecular formula is C14H9ClN2O3. The predicted molar refractivity (Wildman–Crippen MR) is 74.1 cm³/mol. The van der Waals surface area contributed by atoms with Gasteiger partial charge < -0.3 is 4.74 Å². The van der Waals surface area contributed by atoms with Gasteiger partial charge in [0.05, 0.1) is 21.6 Å². The second kappa shape index (κ2) is 5.59. The van der Waals surface area contributed by atoms with Crippen molar-refractivity contribution in [2.75, 3.05) is 0 Å². The largest absolute Gasteiger partial charge is 0.454 e. The molecular weight excluding hydrogens is 280 g/mol. The Morgan fingerprint density at radius 1 is 1.25 bits per heavy atom. The van der Waals surface area contributed by atoms with Crippen molar-refractivity contribution in [3.8, 4) is 17.6 Å². The van der Waals surface area contributed by atoms with Crippen LogP contribution in [0.15, 0.2) is 36.4 Å². The zero-order chi connectivity index (χ0) is 14.7. The molecule has 0 aromatic heterocycles. The van der Waals surface area contributed by atoms with E-state index in [2.05, 4.69) is 0 Å². The van der Waals surface area contributed by atoms with Gasteiger partial charge in [0.25, 0.3) is 5.69 Å². The Bertz CT molecular complexity index is 723. The molecule has 0 heterocycles. The van der Waals surface area contributed by atoms with Crippen molar-refractivity contribution < 1.29 is 9.66 Å². The lowest BCUT2D eigenvalue weighted by Gasteiger charge is -2.09. The van der Waals surface area contributed by atoms with Crippen LogP contribution in [0.4, 0.5) is 5.69 Å². The van der Waals surface area contributed by atoms with Crippen LogP contribution >= 0.6 is 11.6 Å². The standard InChI is InChI=1S/C14H9ClN2O3/c1-9-2-5-13(10(6-9)8-16)20-14-7-11(17(18)19)3-4-12(14)15/h2-7H,1H3. The van der Waals surface area contributed by atoms with Crippen LogP contribution in [-0.2, 0) is 0 Å². The number of nitro groups is 1. The first-order valence-corrected chi connectivity index (χ1v) is 6.01. The summed E-state index contributed by atoms with van der Waals surface area (Å²) in [5.41, 5.74) is 1.13. The summed E-state index contributed by atoms with van der Waals surface area (Å²) in [6.07, 6.45) is 0. The summed E-state index contributed by atoms with van der Waals surface area (Å²) in [5, 5.41) is 20.0. The van der Waals surface area contributed by atoms with Crippen LogP contribution in [0.1, 0.15) is 11.1 Å². The maximum atomic E-state index is 10.7. The lowest BCUT2D eigenvalue weighted by Crippen LogP contribution is -1.92. The number of hydrogen-bond donors (Lipinski definition) is 0. The van der Waals surface area contributed by atoms with E-state index in [1.807, 2.05) is 13.0 Å². The van der Waals surface area contributed by atoms with Crippen LogP contribution in [-0.4, -0.2) is 4.92 Å². The molecule has 0 unspecified atom stereocenters. The fourth-order valence-electron chi connectivity index (χ4n) is 1.62. The maximum Gasteiger partial charge on any atom is 0.273 e. The normalized spacial score (nSPS) is 9.85. The van der Waals surface area contributed by atoms with Crippen molar-refractivity contribution >= 4 is 17.3 Å². The molecule has 0 radical (unpaired) electrons. The predicted octanol–water partition coefficient (Wildman–Crippen LogP) is 4.22. The molecule has 20 heavy (non-hydrogen) atoms. The smallest absolute Gasteiger partial charge is 0.273 e. The molecule has 2 aromatic rings. The molecule has 0 aliphatic carbocycles. The third-order valence-corrected chi connectivity index (χ3v) is 2.91. The number of rotatable bonds is 3. The van der Waals surface area contributed by atoms with Crippen LogP contribution in [0.5, 0.6) is 11.5 Å². The van der Waals surface area contributed by atoms with Gasteiger partial charge in [-0.25, -0.2) is 0 Å². The van der Waals surface area contributed by atoms with Crippen molar-refractivity contribution in [3.63, 3.8) is 0 Å². The second-order valence-electron chi connectivity index (χ2n) is 4.09. The van der Waals surface area contributed by atoms with Gasteiger partial charge in [-0.2, -0.15) is 5.26 Å². The monoisotopic (exact) mass is 288 g/mol. The van der Waals surface area contributed by atoms with E-state index >= 15 is 0 Å². The van der Waals surface area contributed by atoms with Gasteiger partial charge >= 0.3 is 0 Å². The Hall–Kier alpha value is -2.58. The van der Waals surface area contributed by atoms with Gasteiger partial charge in [-0.1, -0.05) is 17.7 Å². The Labute approximate surface area is 120 Å². The summed E-state index contributed by atoms with van der Waals surface area (Å²) >= 11 is 5.95. The van der Waals surface area contributed by atoms with Crippen LogP contribution in [0, 0.1) is 28.4 Å². The first-order chi connectivity index (χ1) is 9.51. The van der Waals surface area contributed by atoms with Gasteiger partial charge in [0.15, 0.2) is 5.75 Å². The molecule has 100 valence electrons. The molecule has 0 atom stereocenters. The fraction of sp³-hybridized carbons (Fsp3) is 0.0714. The number of halogens is 1. The lowest BCUT2D eigenvalue weighted by molar-refractivity contribution is -0.384. The molecule has 0 spiro atoms. The zero-order valence-corrected chi connectivity index (χ0v) is 11.2. The number of nitro benzene ring substituents is 1. The first-order valence-electron chi connectivity index (χ1n) is 5.64. The average Bonchev–Trinajstić information content (AvgIpc) is 2.42. The number of hydrogen-bond acceptors (Lipinski definition) is 4. The average molecular weight is 289 g/mol. The van der Waals surface area contributed by atoms with Crippen molar-refractivity contribution in [3.05, 3.63) is 62.7 Å². The van der Waals surface area contributed by atoms with Crippen LogP contribution in [0.25, 0.3) is 0 Å². The number of non-ortho nitro benzene ring substituents is 1. The summed E-state index contributed by atoms with van der Waals surface area (Å²) < 4.78 is 5.52. The Kier molecular flexibility index (Phi) is 3.87. The molecule has 2 aromatic carbocycles. The Morgan fingerprint density at radius 3 is 2.65 bits per heavy atom. The van der Waals surface area contributed by atoms with Crippen molar-refractivity contribution in [2.24, 2.45) is 0 Å². The molecule has 0 fully saturated rings. The van der Waals surface area contributed by atoms with E-state index in [-0.39, 0.29) is 16.5 Å². The quantitative estimate of drug-likeness (QED) is 0.626. The van der Waals surface area contributed by atoms with Gasteiger partial charge in [0.2, 0.25) is 0 Å². The molecule has 0 N–H and O–H groups in total. The number of nitriles is 1. The summed E-state index contributed by atoms with van der Waals surface area (Å²) in [6, 6.07) is 11.0. The summed E-state index contributed by atoms with van der Waals surface area (Å²) in [5.74, 6) is 0.446. The molecule has 0 saturated carbocycles. The van der Waals surface area contributed by atoms with Gasteiger partial charge in [0.1, 0.15) is 11.8 Å². The highest BCUT2D eigenvalue weighted by Gasteiger charge is 2.13. The summed E-state index contributed by atoms with van der Waals surface area (Å²) in [6.45, 7) is 1.85. The third-order valence-electron chi connectivity index (χ3n) is 2.60. The first kappa shape index (κ1) is 13.8. The minimum absolute atomic E-state index is 0.130. The van der Waals surface area contributed by atoms with Crippen LogP contribution in [0.2, 0.25) is 5.02 Å². The number of ether oxygens (including phenoxy) is 1.